The van der Waals surface area contributed by atoms with Crippen LogP contribution in [0.2, 0.25) is 0 Å². The minimum absolute atomic E-state index is 0.613. The second-order valence-electron chi connectivity index (χ2n) is 3.31. The van der Waals surface area contributed by atoms with E-state index in [-0.39, 0.29) is 0 Å². The highest BCUT2D eigenvalue weighted by Gasteiger charge is 2.05. The van der Waals surface area contributed by atoms with Gasteiger partial charge in [0, 0.05) is 18.6 Å². The maximum absolute atomic E-state index is 5.47. The fourth-order valence-corrected chi connectivity index (χ4v) is 2.38. The molecule has 0 aliphatic heterocycles. The Morgan fingerprint density at radius 2 is 2.00 bits per heavy atom. The van der Waals surface area contributed by atoms with Gasteiger partial charge in [-0.25, -0.2) is 15.0 Å². The Kier molecular flexibility index (Phi) is 4.47. The molecule has 0 spiro atoms. The lowest BCUT2D eigenvalue weighted by Gasteiger charge is -2.02. The summed E-state index contributed by atoms with van der Waals surface area (Å²) in [6.07, 6.45) is 6.16. The average molecular weight is 311 g/mol. The molecule has 2 aromatic rings. The van der Waals surface area contributed by atoms with Crippen LogP contribution in [-0.4, -0.2) is 21.5 Å². The molecule has 88 valence electrons. The third-order valence-corrected chi connectivity index (χ3v) is 3.84. The summed E-state index contributed by atoms with van der Waals surface area (Å²) in [6, 6.07) is 3.82. The highest BCUT2D eigenvalue weighted by Crippen LogP contribution is 2.28. The van der Waals surface area contributed by atoms with E-state index in [1.165, 1.54) is 11.8 Å². The van der Waals surface area contributed by atoms with E-state index in [0.717, 1.165) is 21.5 Å². The van der Waals surface area contributed by atoms with Crippen LogP contribution in [0.15, 0.2) is 45.4 Å². The van der Waals surface area contributed by atoms with Crippen LogP contribution in [0.3, 0.4) is 0 Å². The molecule has 2 rings (SSSR count). The molecule has 2 heterocycles. The van der Waals surface area contributed by atoms with E-state index in [2.05, 4.69) is 30.9 Å². The Hall–Kier alpha value is -0.980. The molecule has 0 unspecified atom stereocenters. The van der Waals surface area contributed by atoms with Gasteiger partial charge < -0.3 is 5.73 Å². The van der Waals surface area contributed by atoms with E-state index in [0.29, 0.717) is 11.7 Å². The lowest BCUT2D eigenvalue weighted by atomic mass is 10.2. The molecule has 0 aliphatic rings. The smallest absolute Gasteiger partial charge is 0.193 e. The summed E-state index contributed by atoms with van der Waals surface area (Å²) in [4.78, 5) is 12.8. The minimum atomic E-state index is 0.613. The van der Waals surface area contributed by atoms with E-state index in [1.54, 1.807) is 18.6 Å². The predicted molar refractivity (Wildman–Crippen MR) is 70.9 cm³/mol. The molecule has 0 saturated heterocycles. The summed E-state index contributed by atoms with van der Waals surface area (Å²) in [5, 5.41) is 1.55. The molecule has 0 aromatic carbocycles. The Morgan fingerprint density at radius 3 is 2.65 bits per heavy atom. The quantitative estimate of drug-likeness (QED) is 0.878. The van der Waals surface area contributed by atoms with Gasteiger partial charge in [-0.1, -0.05) is 0 Å². The van der Waals surface area contributed by atoms with Crippen molar-refractivity contribution in [3.8, 4) is 0 Å². The molecule has 0 atom stereocenters. The van der Waals surface area contributed by atoms with Crippen LogP contribution in [0.4, 0.5) is 0 Å². The summed E-state index contributed by atoms with van der Waals surface area (Å²) in [7, 11) is 0. The molecule has 0 fully saturated rings. The fourth-order valence-electron chi connectivity index (χ4n) is 1.22. The lowest BCUT2D eigenvalue weighted by Crippen LogP contribution is -2.03. The standard InChI is InChI=1S/C11H11BrN4S/c12-9-2-1-5-14-10(9)17-11-15-6-8(3-4-13)7-16-11/h1-2,5-7H,3-4,13H2. The molecule has 4 nitrogen and oxygen atoms in total. The summed E-state index contributed by atoms with van der Waals surface area (Å²) in [5.41, 5.74) is 6.52. The molecule has 17 heavy (non-hydrogen) atoms. The molecular formula is C11H11BrN4S. The van der Waals surface area contributed by atoms with Crippen LogP contribution in [0.5, 0.6) is 0 Å². The number of hydrogen-bond donors (Lipinski definition) is 1. The van der Waals surface area contributed by atoms with Gasteiger partial charge in [0.2, 0.25) is 0 Å². The van der Waals surface area contributed by atoms with Gasteiger partial charge in [-0.3, -0.25) is 0 Å². The number of rotatable bonds is 4. The first-order valence-corrected chi connectivity index (χ1v) is 6.70. The van der Waals surface area contributed by atoms with Crippen molar-refractivity contribution in [2.75, 3.05) is 6.54 Å². The zero-order valence-corrected chi connectivity index (χ0v) is 11.4. The van der Waals surface area contributed by atoms with Crippen LogP contribution >= 0.6 is 27.7 Å². The number of pyridine rings is 1. The molecule has 2 N–H and O–H groups in total. The third-order valence-electron chi connectivity index (χ3n) is 2.03. The van der Waals surface area contributed by atoms with Gasteiger partial charge >= 0.3 is 0 Å². The van der Waals surface area contributed by atoms with Crippen molar-refractivity contribution in [3.63, 3.8) is 0 Å². The summed E-state index contributed by atoms with van der Waals surface area (Å²) >= 11 is 4.87. The lowest BCUT2D eigenvalue weighted by molar-refractivity contribution is 0.888. The number of aromatic nitrogens is 3. The van der Waals surface area contributed by atoms with E-state index in [1.807, 2.05) is 12.1 Å². The number of hydrogen-bond acceptors (Lipinski definition) is 5. The highest BCUT2D eigenvalue weighted by atomic mass is 79.9. The topological polar surface area (TPSA) is 64.7 Å². The van der Waals surface area contributed by atoms with Crippen LogP contribution < -0.4 is 5.73 Å². The van der Waals surface area contributed by atoms with Crippen molar-refractivity contribution in [1.82, 2.24) is 15.0 Å². The summed E-state index contributed by atoms with van der Waals surface area (Å²) in [6.45, 7) is 0.613. The average Bonchev–Trinajstić information content (AvgIpc) is 2.35. The van der Waals surface area contributed by atoms with Crippen molar-refractivity contribution in [2.24, 2.45) is 5.73 Å². The number of nitrogens with zero attached hydrogens (tertiary/aromatic N) is 3. The van der Waals surface area contributed by atoms with Gasteiger partial charge in [0.05, 0.1) is 4.47 Å². The molecule has 0 radical (unpaired) electrons. The fraction of sp³-hybridized carbons (Fsp3) is 0.182. The first kappa shape index (κ1) is 12.5. The molecule has 6 heteroatoms. The number of nitrogens with two attached hydrogens (primary N) is 1. The number of halogens is 1. The van der Waals surface area contributed by atoms with Crippen molar-refractivity contribution in [3.05, 3.63) is 40.8 Å². The van der Waals surface area contributed by atoms with Crippen LogP contribution in [0.25, 0.3) is 0 Å². The molecule has 0 amide bonds. The normalized spacial score (nSPS) is 10.5. The maximum Gasteiger partial charge on any atom is 0.193 e. The zero-order valence-electron chi connectivity index (χ0n) is 9.01. The van der Waals surface area contributed by atoms with Crippen LogP contribution in [-0.2, 0) is 6.42 Å². The van der Waals surface area contributed by atoms with Gasteiger partial charge in [0.1, 0.15) is 5.03 Å². The van der Waals surface area contributed by atoms with E-state index >= 15 is 0 Å². The van der Waals surface area contributed by atoms with E-state index < -0.39 is 0 Å². The molecule has 2 aromatic heterocycles. The van der Waals surface area contributed by atoms with Gasteiger partial charge in [-0.15, -0.1) is 0 Å². The van der Waals surface area contributed by atoms with Gasteiger partial charge in [-0.05, 0) is 58.4 Å². The van der Waals surface area contributed by atoms with Gasteiger partial charge in [0.25, 0.3) is 0 Å². The Morgan fingerprint density at radius 1 is 1.24 bits per heavy atom. The van der Waals surface area contributed by atoms with Crippen molar-refractivity contribution < 1.29 is 0 Å². The minimum Gasteiger partial charge on any atom is -0.330 e. The van der Waals surface area contributed by atoms with Gasteiger partial charge in [-0.2, -0.15) is 0 Å². The maximum atomic E-state index is 5.47. The van der Waals surface area contributed by atoms with Crippen LogP contribution in [0.1, 0.15) is 5.56 Å². The van der Waals surface area contributed by atoms with E-state index in [4.69, 9.17) is 5.73 Å². The van der Waals surface area contributed by atoms with Crippen molar-refractivity contribution in [2.45, 2.75) is 16.6 Å². The highest BCUT2D eigenvalue weighted by molar-refractivity contribution is 9.10. The summed E-state index contributed by atoms with van der Waals surface area (Å²) < 4.78 is 0.944. The van der Waals surface area contributed by atoms with Gasteiger partial charge in [0.15, 0.2) is 5.16 Å². The van der Waals surface area contributed by atoms with Crippen LogP contribution in [0, 0.1) is 0 Å². The largest absolute Gasteiger partial charge is 0.330 e. The zero-order chi connectivity index (χ0) is 12.1. The summed E-state index contributed by atoms with van der Waals surface area (Å²) in [5.74, 6) is 0. The third kappa shape index (κ3) is 3.49. The van der Waals surface area contributed by atoms with E-state index in [9.17, 15) is 0 Å². The molecule has 0 bridgehead atoms. The van der Waals surface area contributed by atoms with Crippen molar-refractivity contribution >= 4 is 27.7 Å². The first-order valence-electron chi connectivity index (χ1n) is 5.09. The SMILES string of the molecule is NCCc1cnc(Sc2ncccc2Br)nc1. The molecule has 0 saturated carbocycles. The second-order valence-corrected chi connectivity index (χ2v) is 5.12. The first-order chi connectivity index (χ1) is 8.29. The predicted octanol–water partition coefficient (Wildman–Crippen LogP) is 2.29. The molecule has 0 aliphatic carbocycles. The molecular weight excluding hydrogens is 300 g/mol. The Balaban J connectivity index is 2.11. The second kappa shape index (κ2) is 6.09. The van der Waals surface area contributed by atoms with Crippen molar-refractivity contribution in [1.29, 1.82) is 0 Å². The Bertz CT molecular complexity index is 489. The monoisotopic (exact) mass is 310 g/mol. The Labute approximate surface area is 112 Å².